The zero-order valence-electron chi connectivity index (χ0n) is 13.3. The van der Waals surface area contributed by atoms with Gasteiger partial charge in [0.05, 0.1) is 6.07 Å². The first kappa shape index (κ1) is 15.7. The number of nitrogens with zero attached hydrogens (tertiary/aromatic N) is 4. The van der Waals surface area contributed by atoms with Gasteiger partial charge in [0.1, 0.15) is 23.6 Å². The predicted molar refractivity (Wildman–Crippen MR) is 91.7 cm³/mol. The van der Waals surface area contributed by atoms with Crippen molar-refractivity contribution in [1.29, 1.82) is 0 Å². The summed E-state index contributed by atoms with van der Waals surface area (Å²) in [4.78, 5) is 16.6. The molecule has 0 bridgehead atoms. The minimum absolute atomic E-state index is 0.0320. The van der Waals surface area contributed by atoms with Crippen LogP contribution in [0.3, 0.4) is 0 Å². The Kier molecular flexibility index (Phi) is 3.98. The third kappa shape index (κ3) is 2.95. The van der Waals surface area contributed by atoms with Crippen molar-refractivity contribution in [2.75, 3.05) is 0 Å². The molecule has 128 valence electrons. The minimum atomic E-state index is -0.567. The number of aromatic amines is 1. The summed E-state index contributed by atoms with van der Waals surface area (Å²) in [5, 5.41) is 10.7. The molecular weight excluding hydrogens is 337 g/mol. The molecule has 2 aromatic heterocycles. The molecule has 0 aliphatic rings. The van der Waals surface area contributed by atoms with Gasteiger partial charge in [-0.15, -0.1) is 0 Å². The highest BCUT2D eigenvalue weighted by atomic mass is 19.1. The quantitative estimate of drug-likeness (QED) is 0.612. The van der Waals surface area contributed by atoms with E-state index in [4.69, 9.17) is 4.74 Å². The molecule has 2 aromatic carbocycles. The number of rotatable bonds is 4. The summed E-state index contributed by atoms with van der Waals surface area (Å²) in [6.45, 7) is 0. The lowest BCUT2D eigenvalue weighted by Gasteiger charge is -2.12. The molecule has 1 N–H and O–H groups in total. The Morgan fingerprint density at radius 2 is 1.81 bits per heavy atom. The van der Waals surface area contributed by atoms with Crippen molar-refractivity contribution in [3.63, 3.8) is 0 Å². The second-order valence-corrected chi connectivity index (χ2v) is 5.31. The minimum Gasteiger partial charge on any atom is -0.455 e. The second kappa shape index (κ2) is 6.60. The number of para-hydroxylation sites is 2. The molecule has 0 saturated carbocycles. The van der Waals surface area contributed by atoms with Crippen LogP contribution in [0.5, 0.6) is 11.5 Å². The first-order valence-corrected chi connectivity index (χ1v) is 7.70. The summed E-state index contributed by atoms with van der Waals surface area (Å²) < 4.78 is 20.9. The molecule has 7 nitrogen and oxygen atoms in total. The molecule has 0 fully saturated rings. The standard InChI is InChI=1S/C18H12FN5O2/c19-13-8-4-5-9-14(13)24-16(25)10-15(26-12-6-2-1-3-7-12)17(23-24)18-20-11-21-22-18/h1-11H,(H,20,21,22). The number of benzene rings is 2. The Morgan fingerprint density at radius 1 is 1.04 bits per heavy atom. The molecule has 4 aromatic rings. The first-order valence-electron chi connectivity index (χ1n) is 7.70. The Balaban J connectivity index is 1.89. The van der Waals surface area contributed by atoms with Gasteiger partial charge in [0.25, 0.3) is 5.56 Å². The molecular formula is C18H12FN5O2. The summed E-state index contributed by atoms with van der Waals surface area (Å²) in [6.07, 6.45) is 1.31. The lowest BCUT2D eigenvalue weighted by atomic mass is 10.3. The molecule has 0 atom stereocenters. The number of ether oxygens (including phenoxy) is 1. The summed E-state index contributed by atoms with van der Waals surface area (Å²) in [6, 6.07) is 16.1. The molecule has 26 heavy (non-hydrogen) atoms. The fourth-order valence-corrected chi connectivity index (χ4v) is 2.41. The van der Waals surface area contributed by atoms with Crippen molar-refractivity contribution < 1.29 is 9.13 Å². The average Bonchev–Trinajstić information content (AvgIpc) is 3.18. The molecule has 0 saturated heterocycles. The number of nitrogens with one attached hydrogen (secondary N) is 1. The van der Waals surface area contributed by atoms with Crippen molar-refractivity contribution in [2.45, 2.75) is 0 Å². The van der Waals surface area contributed by atoms with Crippen molar-refractivity contribution in [3.8, 4) is 28.7 Å². The maximum Gasteiger partial charge on any atom is 0.275 e. The molecule has 2 heterocycles. The van der Waals surface area contributed by atoms with Gasteiger partial charge in [-0.3, -0.25) is 9.89 Å². The van der Waals surface area contributed by atoms with Crippen LogP contribution in [0.2, 0.25) is 0 Å². The molecule has 0 aliphatic carbocycles. The SMILES string of the molecule is O=c1cc(Oc2ccccc2)c(-c2ncn[nH]2)nn1-c1ccccc1F. The van der Waals surface area contributed by atoms with Gasteiger partial charge < -0.3 is 4.74 Å². The van der Waals surface area contributed by atoms with Gasteiger partial charge in [-0.25, -0.2) is 9.37 Å². The van der Waals surface area contributed by atoms with Gasteiger partial charge in [0, 0.05) is 0 Å². The fourth-order valence-electron chi connectivity index (χ4n) is 2.41. The number of hydrogen-bond acceptors (Lipinski definition) is 5. The van der Waals surface area contributed by atoms with E-state index < -0.39 is 11.4 Å². The lowest BCUT2D eigenvalue weighted by Crippen LogP contribution is -2.22. The topological polar surface area (TPSA) is 85.7 Å². The summed E-state index contributed by atoms with van der Waals surface area (Å²) in [5.41, 5.74) is -0.275. The maximum atomic E-state index is 14.1. The Hall–Kier alpha value is -3.81. The van der Waals surface area contributed by atoms with Gasteiger partial charge in [-0.05, 0) is 24.3 Å². The summed E-state index contributed by atoms with van der Waals surface area (Å²) >= 11 is 0. The maximum absolute atomic E-state index is 14.1. The molecule has 0 radical (unpaired) electrons. The first-order chi connectivity index (χ1) is 12.7. The van der Waals surface area contributed by atoms with Crippen LogP contribution in [-0.4, -0.2) is 25.0 Å². The highest BCUT2D eigenvalue weighted by molar-refractivity contribution is 5.59. The van der Waals surface area contributed by atoms with E-state index >= 15 is 0 Å². The number of aromatic nitrogens is 5. The fraction of sp³-hybridized carbons (Fsp3) is 0. The van der Waals surface area contributed by atoms with Crippen LogP contribution in [-0.2, 0) is 0 Å². The predicted octanol–water partition coefficient (Wildman–Crippen LogP) is 2.95. The van der Waals surface area contributed by atoms with E-state index in [0.29, 0.717) is 11.6 Å². The molecule has 0 amide bonds. The van der Waals surface area contributed by atoms with Gasteiger partial charge in [0.2, 0.25) is 0 Å². The van der Waals surface area contributed by atoms with Crippen molar-refractivity contribution in [1.82, 2.24) is 25.0 Å². The Labute approximate surface area is 146 Å². The van der Waals surface area contributed by atoms with Crippen LogP contribution in [0, 0.1) is 5.82 Å². The summed E-state index contributed by atoms with van der Waals surface area (Å²) in [7, 11) is 0. The molecule has 4 rings (SSSR count). The average molecular weight is 349 g/mol. The number of H-pyrrole nitrogens is 1. The lowest BCUT2D eigenvalue weighted by molar-refractivity contribution is 0.476. The van der Waals surface area contributed by atoms with Gasteiger partial charge in [-0.2, -0.15) is 14.9 Å². The Bertz CT molecular complexity index is 1090. The number of halogens is 1. The van der Waals surface area contributed by atoms with Crippen LogP contribution >= 0.6 is 0 Å². The van der Waals surface area contributed by atoms with Gasteiger partial charge >= 0.3 is 0 Å². The highest BCUT2D eigenvalue weighted by Crippen LogP contribution is 2.28. The molecule has 0 unspecified atom stereocenters. The van der Waals surface area contributed by atoms with E-state index in [0.717, 1.165) is 4.68 Å². The van der Waals surface area contributed by atoms with E-state index in [1.807, 2.05) is 6.07 Å². The highest BCUT2D eigenvalue weighted by Gasteiger charge is 2.17. The molecule has 8 heteroatoms. The van der Waals surface area contributed by atoms with E-state index in [2.05, 4.69) is 20.3 Å². The van der Waals surface area contributed by atoms with Crippen LogP contribution in [0.25, 0.3) is 17.2 Å². The smallest absolute Gasteiger partial charge is 0.275 e. The van der Waals surface area contributed by atoms with Crippen molar-refractivity contribution in [3.05, 3.63) is 83.2 Å². The third-order valence-corrected chi connectivity index (χ3v) is 3.59. The molecule has 0 spiro atoms. The van der Waals surface area contributed by atoms with Crippen LogP contribution in [0.15, 0.2) is 71.8 Å². The normalized spacial score (nSPS) is 10.7. The molecule has 0 aliphatic heterocycles. The van der Waals surface area contributed by atoms with E-state index in [1.54, 1.807) is 30.3 Å². The van der Waals surface area contributed by atoms with E-state index in [1.165, 1.54) is 30.6 Å². The van der Waals surface area contributed by atoms with E-state index in [9.17, 15) is 9.18 Å². The zero-order valence-corrected chi connectivity index (χ0v) is 13.3. The monoisotopic (exact) mass is 349 g/mol. The zero-order chi connectivity index (χ0) is 17.9. The second-order valence-electron chi connectivity index (χ2n) is 5.31. The van der Waals surface area contributed by atoms with Gasteiger partial charge in [-0.1, -0.05) is 30.3 Å². The third-order valence-electron chi connectivity index (χ3n) is 3.59. The number of hydrogen-bond donors (Lipinski definition) is 1. The summed E-state index contributed by atoms with van der Waals surface area (Å²) in [5.74, 6) is 0.437. The van der Waals surface area contributed by atoms with E-state index in [-0.39, 0.29) is 17.1 Å². The van der Waals surface area contributed by atoms with Gasteiger partial charge in [0.15, 0.2) is 17.3 Å². The van der Waals surface area contributed by atoms with Crippen molar-refractivity contribution >= 4 is 0 Å². The van der Waals surface area contributed by atoms with Crippen LogP contribution in [0.1, 0.15) is 0 Å². The Morgan fingerprint density at radius 3 is 2.54 bits per heavy atom. The van der Waals surface area contributed by atoms with Crippen molar-refractivity contribution in [2.24, 2.45) is 0 Å². The van der Waals surface area contributed by atoms with Crippen LogP contribution < -0.4 is 10.3 Å². The largest absolute Gasteiger partial charge is 0.455 e. The van der Waals surface area contributed by atoms with Crippen LogP contribution in [0.4, 0.5) is 4.39 Å².